The third-order valence-electron chi connectivity index (χ3n) is 2.91. The fraction of sp³-hybridized carbons (Fsp3) is 0.533. The molecule has 0 aliphatic carbocycles. The number of aryl methyl sites for hydroxylation is 1. The highest BCUT2D eigenvalue weighted by atomic mass is 32.1. The van der Waals surface area contributed by atoms with Gasteiger partial charge in [0, 0.05) is 11.5 Å². The highest BCUT2D eigenvalue weighted by Gasteiger charge is 2.22. The smallest absolute Gasteiger partial charge is 0.341 e. The second kappa shape index (κ2) is 9.26. The average molecular weight is 343 g/mol. The van der Waals surface area contributed by atoms with Gasteiger partial charge in [-0.15, -0.1) is 11.3 Å². The van der Waals surface area contributed by atoms with Gasteiger partial charge in [-0.1, -0.05) is 0 Å². The third kappa shape index (κ3) is 5.65. The van der Waals surface area contributed by atoms with Crippen molar-refractivity contribution in [1.82, 2.24) is 0 Å². The molecule has 1 aromatic heterocycles. The molecule has 1 aromatic rings. The molecule has 128 valence electrons. The van der Waals surface area contributed by atoms with Gasteiger partial charge in [-0.05, 0) is 33.3 Å². The van der Waals surface area contributed by atoms with Crippen LogP contribution in [0, 0.1) is 13.8 Å². The van der Waals surface area contributed by atoms with Crippen LogP contribution in [0.15, 0.2) is 0 Å². The number of nitrogens with one attached hydrogen (secondary N) is 1. The standard InChI is InChI=1S/C15H21NO6S/c1-5-20-8-12(18)22-7-11(17)16-14-13(15(19)21-6-2)9(3)10(4)23-14/h5-8H2,1-4H3,(H,16,17). The minimum Gasteiger partial charge on any atom is -0.462 e. The Hall–Kier alpha value is -1.93. The van der Waals surface area contributed by atoms with E-state index in [4.69, 9.17) is 14.2 Å². The van der Waals surface area contributed by atoms with Gasteiger partial charge >= 0.3 is 11.9 Å². The van der Waals surface area contributed by atoms with Gasteiger partial charge in [-0.3, -0.25) is 4.79 Å². The number of thiophene rings is 1. The Morgan fingerprint density at radius 2 is 1.74 bits per heavy atom. The SMILES string of the molecule is CCOCC(=O)OCC(=O)Nc1sc(C)c(C)c1C(=O)OCC. The zero-order valence-corrected chi connectivity index (χ0v) is 14.5. The molecule has 1 heterocycles. The first-order valence-corrected chi connectivity index (χ1v) is 8.02. The number of hydrogen-bond acceptors (Lipinski definition) is 7. The van der Waals surface area contributed by atoms with E-state index in [1.165, 1.54) is 11.3 Å². The fourth-order valence-electron chi connectivity index (χ4n) is 1.70. The van der Waals surface area contributed by atoms with Crippen LogP contribution >= 0.6 is 11.3 Å². The molecule has 7 nitrogen and oxygen atoms in total. The predicted molar refractivity (Wildman–Crippen MR) is 85.8 cm³/mol. The van der Waals surface area contributed by atoms with Crippen molar-refractivity contribution in [3.05, 3.63) is 16.0 Å². The number of carbonyl (C=O) groups excluding carboxylic acids is 3. The summed E-state index contributed by atoms with van der Waals surface area (Å²) in [4.78, 5) is 36.0. The van der Waals surface area contributed by atoms with Crippen molar-refractivity contribution in [3.8, 4) is 0 Å². The van der Waals surface area contributed by atoms with E-state index in [9.17, 15) is 14.4 Å². The molecule has 0 atom stereocenters. The molecule has 1 rings (SSSR count). The zero-order chi connectivity index (χ0) is 17.4. The molecule has 0 unspecified atom stereocenters. The number of esters is 2. The van der Waals surface area contributed by atoms with E-state index in [1.54, 1.807) is 20.8 Å². The van der Waals surface area contributed by atoms with Crippen molar-refractivity contribution in [2.45, 2.75) is 27.7 Å². The molecule has 0 fully saturated rings. The average Bonchev–Trinajstić information content (AvgIpc) is 2.77. The van der Waals surface area contributed by atoms with Crippen molar-refractivity contribution in [3.63, 3.8) is 0 Å². The summed E-state index contributed by atoms with van der Waals surface area (Å²) in [5.74, 6) is -1.63. The van der Waals surface area contributed by atoms with Gasteiger partial charge in [-0.25, -0.2) is 9.59 Å². The minimum absolute atomic E-state index is 0.199. The lowest BCUT2D eigenvalue weighted by Crippen LogP contribution is -2.23. The largest absolute Gasteiger partial charge is 0.462 e. The van der Waals surface area contributed by atoms with E-state index in [2.05, 4.69) is 5.32 Å². The number of carbonyl (C=O) groups is 3. The van der Waals surface area contributed by atoms with Gasteiger partial charge in [-0.2, -0.15) is 0 Å². The highest BCUT2D eigenvalue weighted by molar-refractivity contribution is 7.16. The maximum Gasteiger partial charge on any atom is 0.341 e. The number of anilines is 1. The van der Waals surface area contributed by atoms with Crippen LogP contribution in [0.25, 0.3) is 0 Å². The van der Waals surface area contributed by atoms with Gasteiger partial charge in [0.2, 0.25) is 0 Å². The molecule has 0 aliphatic heterocycles. The third-order valence-corrected chi connectivity index (χ3v) is 4.03. The van der Waals surface area contributed by atoms with Crippen molar-refractivity contribution >= 4 is 34.2 Å². The summed E-state index contributed by atoms with van der Waals surface area (Å²) in [6, 6.07) is 0. The van der Waals surface area contributed by atoms with Crippen LogP contribution in [0.1, 0.15) is 34.6 Å². The number of ether oxygens (including phenoxy) is 3. The van der Waals surface area contributed by atoms with Crippen LogP contribution in [0.4, 0.5) is 5.00 Å². The van der Waals surface area contributed by atoms with Gasteiger partial charge in [0.25, 0.3) is 5.91 Å². The lowest BCUT2D eigenvalue weighted by Gasteiger charge is -2.08. The number of amides is 1. The lowest BCUT2D eigenvalue weighted by molar-refractivity contribution is -0.151. The Kier molecular flexibility index (Phi) is 7.70. The Balaban J connectivity index is 2.69. The molecule has 0 saturated heterocycles. The summed E-state index contributed by atoms with van der Waals surface area (Å²) in [6.07, 6.45) is 0. The molecule has 0 radical (unpaired) electrons. The Morgan fingerprint density at radius 1 is 1.04 bits per heavy atom. The summed E-state index contributed by atoms with van der Waals surface area (Å²) >= 11 is 1.27. The molecule has 0 aliphatic rings. The number of hydrogen-bond donors (Lipinski definition) is 1. The monoisotopic (exact) mass is 343 g/mol. The van der Waals surface area contributed by atoms with Crippen molar-refractivity contribution in [1.29, 1.82) is 0 Å². The molecule has 0 spiro atoms. The van der Waals surface area contributed by atoms with E-state index < -0.39 is 24.5 Å². The van der Waals surface area contributed by atoms with E-state index in [0.717, 1.165) is 10.4 Å². The molecular weight excluding hydrogens is 322 g/mol. The molecule has 1 N–H and O–H groups in total. The van der Waals surface area contributed by atoms with E-state index in [1.807, 2.05) is 6.92 Å². The summed E-state index contributed by atoms with van der Waals surface area (Å²) in [6.45, 7) is 7.09. The van der Waals surface area contributed by atoms with Gasteiger partial charge in [0.1, 0.15) is 11.6 Å². The second-order valence-corrected chi connectivity index (χ2v) is 5.78. The fourth-order valence-corrected chi connectivity index (χ4v) is 2.76. The molecule has 0 aromatic carbocycles. The zero-order valence-electron chi connectivity index (χ0n) is 13.7. The predicted octanol–water partition coefficient (Wildman–Crippen LogP) is 2.06. The molecule has 8 heteroatoms. The maximum atomic E-state index is 12.0. The Morgan fingerprint density at radius 3 is 2.35 bits per heavy atom. The summed E-state index contributed by atoms with van der Waals surface area (Å²) in [5, 5.41) is 2.98. The van der Waals surface area contributed by atoms with E-state index >= 15 is 0 Å². The van der Waals surface area contributed by atoms with E-state index in [0.29, 0.717) is 17.2 Å². The summed E-state index contributed by atoms with van der Waals surface area (Å²) in [5.41, 5.74) is 1.10. The minimum atomic E-state index is -0.619. The van der Waals surface area contributed by atoms with Crippen LogP contribution in [-0.4, -0.2) is 44.3 Å². The highest BCUT2D eigenvalue weighted by Crippen LogP contribution is 2.32. The Labute approximate surface area is 138 Å². The first-order valence-electron chi connectivity index (χ1n) is 7.20. The lowest BCUT2D eigenvalue weighted by atomic mass is 10.1. The van der Waals surface area contributed by atoms with Crippen LogP contribution in [0.3, 0.4) is 0 Å². The summed E-state index contributed by atoms with van der Waals surface area (Å²) < 4.78 is 14.7. The van der Waals surface area contributed by atoms with Crippen molar-refractivity contribution in [2.75, 3.05) is 31.7 Å². The van der Waals surface area contributed by atoms with Crippen molar-refractivity contribution < 1.29 is 28.6 Å². The van der Waals surface area contributed by atoms with Crippen molar-refractivity contribution in [2.24, 2.45) is 0 Å². The van der Waals surface area contributed by atoms with Crippen LogP contribution in [0.5, 0.6) is 0 Å². The second-order valence-electron chi connectivity index (χ2n) is 4.55. The molecule has 23 heavy (non-hydrogen) atoms. The molecule has 1 amide bonds. The first kappa shape index (κ1) is 19.1. The van der Waals surface area contributed by atoms with Gasteiger partial charge in [0.15, 0.2) is 6.61 Å². The van der Waals surface area contributed by atoms with Crippen LogP contribution in [-0.2, 0) is 23.8 Å². The van der Waals surface area contributed by atoms with Crippen LogP contribution in [0.2, 0.25) is 0 Å². The number of rotatable bonds is 8. The molecule has 0 bridgehead atoms. The first-order chi connectivity index (χ1) is 10.9. The summed E-state index contributed by atoms with van der Waals surface area (Å²) in [7, 11) is 0. The quantitative estimate of drug-likeness (QED) is 0.727. The van der Waals surface area contributed by atoms with Gasteiger partial charge < -0.3 is 19.5 Å². The maximum absolute atomic E-state index is 12.0. The normalized spacial score (nSPS) is 10.3. The molecule has 0 saturated carbocycles. The topological polar surface area (TPSA) is 90.9 Å². The Bertz CT molecular complexity index is 581. The van der Waals surface area contributed by atoms with E-state index in [-0.39, 0.29) is 13.2 Å². The van der Waals surface area contributed by atoms with Crippen LogP contribution < -0.4 is 5.32 Å². The molecular formula is C15H21NO6S. The van der Waals surface area contributed by atoms with Gasteiger partial charge in [0.05, 0.1) is 12.2 Å².